The van der Waals surface area contributed by atoms with Gasteiger partial charge in [0.2, 0.25) is 0 Å². The molecule has 5 rings (SSSR count). The van der Waals surface area contributed by atoms with Gasteiger partial charge in [0.05, 0.1) is 36.7 Å². The zero-order valence-electron chi connectivity index (χ0n) is 17.7. The Morgan fingerprint density at radius 2 is 1.09 bits per heavy atom. The van der Waals surface area contributed by atoms with Crippen molar-refractivity contribution < 1.29 is 18.3 Å². The third kappa shape index (κ3) is 3.15. The Hall–Kier alpha value is -4.26. The van der Waals surface area contributed by atoms with Gasteiger partial charge in [0.25, 0.3) is 0 Å². The van der Waals surface area contributed by atoms with Crippen molar-refractivity contribution in [1.29, 1.82) is 0 Å². The lowest BCUT2D eigenvalue weighted by Crippen LogP contribution is -2.09. The van der Waals surface area contributed by atoms with Crippen molar-refractivity contribution in [3.05, 3.63) is 81.5 Å². The molecule has 0 unspecified atom stereocenters. The van der Waals surface area contributed by atoms with Crippen LogP contribution in [0.3, 0.4) is 0 Å². The molecule has 0 amide bonds. The largest absolute Gasteiger partial charge is 0.497 e. The molecule has 160 valence electrons. The fraction of sp³-hybridized carbons (Fsp3) is 0.120. The molecular weight excluding hydrogens is 410 g/mol. The van der Waals surface area contributed by atoms with E-state index in [1.54, 1.807) is 86.5 Å². The van der Waals surface area contributed by atoms with Crippen LogP contribution in [-0.2, 0) is 7.05 Å². The van der Waals surface area contributed by atoms with Crippen LogP contribution < -0.4 is 20.7 Å². The Bertz CT molecular complexity index is 1490. The Morgan fingerprint density at radius 1 is 0.656 bits per heavy atom. The SMILES string of the molecule is COc1ccc2oc(=O)c(-c3ccc(-c4cc5cc(OC)ccc5oc4=O)n3C)cc2c1. The monoisotopic (exact) mass is 429 g/mol. The van der Waals surface area contributed by atoms with Crippen LogP contribution >= 0.6 is 0 Å². The molecule has 32 heavy (non-hydrogen) atoms. The van der Waals surface area contributed by atoms with Crippen LogP contribution in [0.4, 0.5) is 0 Å². The lowest BCUT2D eigenvalue weighted by molar-refractivity contribution is 0.415. The highest BCUT2D eigenvalue weighted by Crippen LogP contribution is 2.30. The highest BCUT2D eigenvalue weighted by atomic mass is 16.5. The quantitative estimate of drug-likeness (QED) is 0.389. The fourth-order valence-corrected chi connectivity index (χ4v) is 3.87. The van der Waals surface area contributed by atoms with Gasteiger partial charge in [-0.05, 0) is 60.7 Å². The van der Waals surface area contributed by atoms with Crippen LogP contribution in [0.1, 0.15) is 0 Å². The van der Waals surface area contributed by atoms with E-state index in [4.69, 9.17) is 18.3 Å². The number of benzene rings is 2. The molecule has 0 spiro atoms. The summed E-state index contributed by atoms with van der Waals surface area (Å²) in [5.41, 5.74) is 2.00. The number of hydrogen-bond donors (Lipinski definition) is 0. The van der Waals surface area contributed by atoms with Crippen LogP contribution in [0.5, 0.6) is 11.5 Å². The molecule has 2 aromatic carbocycles. The summed E-state index contributed by atoms with van der Waals surface area (Å²) in [6, 6.07) is 17.6. The fourth-order valence-electron chi connectivity index (χ4n) is 3.87. The number of nitrogens with zero attached hydrogens (tertiary/aromatic N) is 1. The second-order valence-corrected chi connectivity index (χ2v) is 7.37. The number of rotatable bonds is 4. The summed E-state index contributed by atoms with van der Waals surface area (Å²) >= 11 is 0. The minimum absolute atomic E-state index is 0.381. The first kappa shape index (κ1) is 19.7. The van der Waals surface area contributed by atoms with Crippen LogP contribution in [-0.4, -0.2) is 18.8 Å². The molecule has 0 bridgehead atoms. The van der Waals surface area contributed by atoms with Crippen molar-refractivity contribution >= 4 is 21.9 Å². The van der Waals surface area contributed by atoms with E-state index < -0.39 is 11.3 Å². The van der Waals surface area contributed by atoms with Crippen molar-refractivity contribution in [1.82, 2.24) is 4.57 Å². The Labute approximate surface area is 182 Å². The van der Waals surface area contributed by atoms with Crippen LogP contribution in [0.2, 0.25) is 0 Å². The molecule has 3 heterocycles. The molecule has 3 aromatic heterocycles. The van der Waals surface area contributed by atoms with Crippen LogP contribution in [0, 0.1) is 0 Å². The van der Waals surface area contributed by atoms with E-state index in [-0.39, 0.29) is 0 Å². The van der Waals surface area contributed by atoms with Gasteiger partial charge < -0.3 is 22.9 Å². The first-order chi connectivity index (χ1) is 15.5. The smallest absolute Gasteiger partial charge is 0.345 e. The van der Waals surface area contributed by atoms with E-state index >= 15 is 0 Å². The van der Waals surface area contributed by atoms with Gasteiger partial charge in [-0.1, -0.05) is 0 Å². The molecule has 0 saturated heterocycles. The lowest BCUT2D eigenvalue weighted by atomic mass is 10.1. The van der Waals surface area contributed by atoms with Crippen molar-refractivity contribution in [3.8, 4) is 34.0 Å². The molecule has 0 atom stereocenters. The predicted octanol–water partition coefficient (Wildman–Crippen LogP) is 4.59. The zero-order valence-corrected chi connectivity index (χ0v) is 17.7. The molecular formula is C25H19NO6. The zero-order chi connectivity index (χ0) is 22.4. The van der Waals surface area contributed by atoms with Crippen molar-refractivity contribution in [2.24, 2.45) is 7.05 Å². The van der Waals surface area contributed by atoms with Gasteiger partial charge in [-0.25, -0.2) is 9.59 Å². The van der Waals surface area contributed by atoms with Gasteiger partial charge in [0.15, 0.2) is 0 Å². The second kappa shape index (κ2) is 7.46. The standard InChI is InChI=1S/C25H19NO6/c1-26-20(18-12-14-10-16(29-2)4-8-22(14)31-24(18)27)6-7-21(26)19-13-15-11-17(30-3)5-9-23(15)32-25(19)28/h4-13H,1-3H3. The molecule has 0 aliphatic heterocycles. The number of fused-ring (bicyclic) bond motifs is 2. The van der Waals surface area contributed by atoms with Gasteiger partial charge >= 0.3 is 11.3 Å². The maximum absolute atomic E-state index is 12.7. The number of hydrogen-bond acceptors (Lipinski definition) is 6. The van der Waals surface area contributed by atoms with E-state index in [9.17, 15) is 9.59 Å². The van der Waals surface area contributed by atoms with Gasteiger partial charge in [-0.3, -0.25) is 0 Å². The predicted molar refractivity (Wildman–Crippen MR) is 121 cm³/mol. The van der Waals surface area contributed by atoms with Gasteiger partial charge in [-0.2, -0.15) is 0 Å². The molecule has 0 saturated carbocycles. The first-order valence-electron chi connectivity index (χ1n) is 9.89. The van der Waals surface area contributed by atoms with Gasteiger partial charge in [0.1, 0.15) is 22.7 Å². The average molecular weight is 429 g/mol. The van der Waals surface area contributed by atoms with Crippen LogP contribution in [0.15, 0.2) is 79.1 Å². The number of methoxy groups -OCH3 is 2. The summed E-state index contributed by atoms with van der Waals surface area (Å²) in [4.78, 5) is 25.4. The Morgan fingerprint density at radius 3 is 1.50 bits per heavy atom. The maximum atomic E-state index is 12.7. The molecule has 0 fully saturated rings. The third-order valence-corrected chi connectivity index (χ3v) is 5.55. The van der Waals surface area contributed by atoms with E-state index in [1.807, 2.05) is 0 Å². The van der Waals surface area contributed by atoms with E-state index in [1.165, 1.54) is 0 Å². The summed E-state index contributed by atoms with van der Waals surface area (Å²) in [5, 5.41) is 1.47. The Balaban J connectivity index is 1.67. The molecule has 7 nitrogen and oxygen atoms in total. The minimum atomic E-state index is -0.467. The summed E-state index contributed by atoms with van der Waals surface area (Å²) in [6.07, 6.45) is 0. The maximum Gasteiger partial charge on any atom is 0.345 e. The summed E-state index contributed by atoms with van der Waals surface area (Å²) in [7, 11) is 4.94. The van der Waals surface area contributed by atoms with Crippen LogP contribution in [0.25, 0.3) is 44.5 Å². The van der Waals surface area contributed by atoms with Gasteiger partial charge in [0, 0.05) is 17.8 Å². The number of aromatic nitrogens is 1. The molecule has 0 aliphatic rings. The molecule has 5 aromatic rings. The molecule has 0 N–H and O–H groups in total. The lowest BCUT2D eigenvalue weighted by Gasteiger charge is -2.09. The average Bonchev–Trinajstić information content (AvgIpc) is 3.18. The second-order valence-electron chi connectivity index (χ2n) is 7.37. The van der Waals surface area contributed by atoms with E-state index in [0.717, 1.165) is 10.8 Å². The summed E-state index contributed by atoms with van der Waals surface area (Å²) in [5.74, 6) is 1.32. The highest BCUT2D eigenvalue weighted by Gasteiger charge is 2.17. The number of ether oxygens (including phenoxy) is 2. The summed E-state index contributed by atoms with van der Waals surface area (Å²) < 4.78 is 23.3. The van der Waals surface area contributed by atoms with Crippen molar-refractivity contribution in [2.45, 2.75) is 0 Å². The Kier molecular flexibility index (Phi) is 4.59. The molecule has 7 heteroatoms. The summed E-state index contributed by atoms with van der Waals surface area (Å²) in [6.45, 7) is 0. The van der Waals surface area contributed by atoms with E-state index in [2.05, 4.69) is 0 Å². The first-order valence-corrected chi connectivity index (χ1v) is 9.89. The third-order valence-electron chi connectivity index (χ3n) is 5.55. The topological polar surface area (TPSA) is 83.8 Å². The molecule has 0 aliphatic carbocycles. The molecule has 0 radical (unpaired) electrons. The normalized spacial score (nSPS) is 11.2. The highest BCUT2D eigenvalue weighted by molar-refractivity contribution is 5.85. The minimum Gasteiger partial charge on any atom is -0.497 e. The van der Waals surface area contributed by atoms with Crippen molar-refractivity contribution in [2.75, 3.05) is 14.2 Å². The van der Waals surface area contributed by atoms with Gasteiger partial charge in [-0.15, -0.1) is 0 Å². The van der Waals surface area contributed by atoms with E-state index in [0.29, 0.717) is 45.2 Å². The van der Waals surface area contributed by atoms with Crippen molar-refractivity contribution in [3.63, 3.8) is 0 Å².